The molecule has 0 fully saturated rings. The minimum absolute atomic E-state index is 0.230. The van der Waals surface area contributed by atoms with Crippen LogP contribution in [0, 0.1) is 0 Å². The van der Waals surface area contributed by atoms with Gasteiger partial charge in [0.25, 0.3) is 0 Å². The van der Waals surface area contributed by atoms with Gasteiger partial charge in [-0.1, -0.05) is 141 Å². The van der Waals surface area contributed by atoms with E-state index < -0.39 is 0 Å². The van der Waals surface area contributed by atoms with E-state index in [0.717, 1.165) is 83.3 Å². The Kier molecular flexibility index (Phi) is 7.92. The number of hydrogen-bond acceptors (Lipinski definition) is 5. The van der Waals surface area contributed by atoms with Gasteiger partial charge in [0, 0.05) is 44.6 Å². The van der Waals surface area contributed by atoms with Gasteiger partial charge in [0.05, 0.1) is 33.6 Å². The summed E-state index contributed by atoms with van der Waals surface area (Å²) in [7, 11) is 0. The second-order valence-corrected chi connectivity index (χ2v) is 14.3. The largest absolute Gasteiger partial charge is 0.256 e. The van der Waals surface area contributed by atoms with Crippen LogP contribution in [0.1, 0.15) is 25.3 Å². The van der Waals surface area contributed by atoms with E-state index in [9.17, 15) is 0 Å². The molecule has 4 aromatic heterocycles. The number of hydrogen-bond donors (Lipinski definition) is 0. The Morgan fingerprint density at radius 3 is 1.91 bits per heavy atom. The Morgan fingerprint density at radius 1 is 0.382 bits per heavy atom. The molecule has 10 rings (SSSR count). The molecule has 5 nitrogen and oxygen atoms in total. The number of fused-ring (bicyclic) bond motifs is 5. The highest BCUT2D eigenvalue weighted by Crippen LogP contribution is 2.36. The zero-order valence-corrected chi connectivity index (χ0v) is 30.5. The van der Waals surface area contributed by atoms with Gasteiger partial charge >= 0.3 is 0 Å². The first-order chi connectivity index (χ1) is 27.1. The summed E-state index contributed by atoms with van der Waals surface area (Å²) < 4.78 is 0. The van der Waals surface area contributed by atoms with Crippen LogP contribution < -0.4 is 0 Å². The summed E-state index contributed by atoms with van der Waals surface area (Å²) >= 11 is 0. The summed E-state index contributed by atoms with van der Waals surface area (Å²) in [6.07, 6.45) is 1.85. The molecule has 0 atom stereocenters. The molecule has 0 bridgehead atoms. The van der Waals surface area contributed by atoms with Gasteiger partial charge in [-0.05, 0) is 64.2 Å². The fraction of sp³-hybridized carbons (Fsp3) is 0.0600. The molecule has 260 valence electrons. The average molecular weight is 706 g/mol. The lowest BCUT2D eigenvalue weighted by atomic mass is 9.96. The first-order valence-electron chi connectivity index (χ1n) is 18.7. The SMILES string of the molecule is CC(C)c1cc(-c2nc(-c3ccccc3)cc(-c3cccc(-c4cccc5cccnc45)c3)n2)nc2c1ccc1ccc(-c3ccc4ccccc4c3)nc12. The second kappa shape index (κ2) is 13.4. The molecule has 0 saturated heterocycles. The number of nitrogens with zero attached hydrogens (tertiary/aromatic N) is 5. The number of rotatable bonds is 6. The molecule has 4 heterocycles. The predicted molar refractivity (Wildman–Crippen MR) is 227 cm³/mol. The molecular weight excluding hydrogens is 671 g/mol. The number of benzene rings is 6. The van der Waals surface area contributed by atoms with Crippen molar-refractivity contribution in [1.82, 2.24) is 24.9 Å². The van der Waals surface area contributed by atoms with E-state index in [1.807, 2.05) is 30.5 Å². The molecule has 0 unspecified atom stereocenters. The Bertz CT molecular complexity index is 3070. The van der Waals surface area contributed by atoms with Gasteiger partial charge in [0.15, 0.2) is 5.82 Å². The summed E-state index contributed by atoms with van der Waals surface area (Å²) in [4.78, 5) is 25.9. The molecule has 55 heavy (non-hydrogen) atoms. The summed E-state index contributed by atoms with van der Waals surface area (Å²) in [5.41, 5.74) is 12.4. The molecule has 0 aliphatic rings. The standard InChI is InChI=1S/C50H35N5/c1-31(2)42-29-46(53-49-41(42)24-22-35-23-25-43(52-48(35)49)39-21-20-32-11-6-7-14-36(32)27-39)50-54-44(33-12-4-3-5-13-33)30-45(55-50)38-17-8-16-37(28-38)40-19-9-15-34-18-10-26-51-47(34)40/h3-31H,1-2H3. The van der Waals surface area contributed by atoms with Crippen LogP contribution >= 0.6 is 0 Å². The van der Waals surface area contributed by atoms with E-state index in [0.29, 0.717) is 5.82 Å². The predicted octanol–water partition coefficient (Wildman–Crippen LogP) is 12.7. The van der Waals surface area contributed by atoms with Crippen molar-refractivity contribution in [3.05, 3.63) is 176 Å². The average Bonchev–Trinajstić information content (AvgIpc) is 3.25. The Labute approximate surface area is 319 Å². The van der Waals surface area contributed by atoms with E-state index in [-0.39, 0.29) is 5.92 Å². The minimum Gasteiger partial charge on any atom is -0.256 e. The summed E-state index contributed by atoms with van der Waals surface area (Å²) in [6, 6.07) is 57.0. The third-order valence-corrected chi connectivity index (χ3v) is 10.5. The van der Waals surface area contributed by atoms with Crippen LogP contribution in [0.15, 0.2) is 170 Å². The highest BCUT2D eigenvalue weighted by Gasteiger charge is 2.18. The van der Waals surface area contributed by atoms with E-state index in [2.05, 4.69) is 153 Å². The van der Waals surface area contributed by atoms with Crippen LogP contribution in [0.2, 0.25) is 0 Å². The van der Waals surface area contributed by atoms with Gasteiger partial charge in [-0.25, -0.2) is 19.9 Å². The lowest BCUT2D eigenvalue weighted by Crippen LogP contribution is -2.01. The van der Waals surface area contributed by atoms with Crippen LogP contribution in [0.25, 0.3) is 99.9 Å². The van der Waals surface area contributed by atoms with Crippen LogP contribution in [-0.4, -0.2) is 24.9 Å². The molecular formula is C50H35N5. The Morgan fingerprint density at radius 2 is 1.04 bits per heavy atom. The zero-order chi connectivity index (χ0) is 36.9. The lowest BCUT2D eigenvalue weighted by Gasteiger charge is -2.15. The lowest BCUT2D eigenvalue weighted by molar-refractivity contribution is 0.874. The molecule has 6 aromatic carbocycles. The Balaban J connectivity index is 1.17. The van der Waals surface area contributed by atoms with Crippen molar-refractivity contribution >= 4 is 43.5 Å². The molecule has 0 aliphatic carbocycles. The van der Waals surface area contributed by atoms with E-state index in [1.54, 1.807) is 0 Å². The van der Waals surface area contributed by atoms with Crippen molar-refractivity contribution in [2.24, 2.45) is 0 Å². The second-order valence-electron chi connectivity index (χ2n) is 14.3. The van der Waals surface area contributed by atoms with Gasteiger partial charge < -0.3 is 0 Å². The van der Waals surface area contributed by atoms with Gasteiger partial charge in [0.2, 0.25) is 0 Å². The van der Waals surface area contributed by atoms with Gasteiger partial charge in [-0.15, -0.1) is 0 Å². The highest BCUT2D eigenvalue weighted by atomic mass is 14.9. The maximum absolute atomic E-state index is 5.37. The fourth-order valence-corrected chi connectivity index (χ4v) is 7.65. The molecule has 10 aromatic rings. The summed E-state index contributed by atoms with van der Waals surface area (Å²) in [6.45, 7) is 4.45. The highest BCUT2D eigenvalue weighted by molar-refractivity contribution is 6.05. The molecule has 0 radical (unpaired) electrons. The van der Waals surface area contributed by atoms with E-state index in [4.69, 9.17) is 24.9 Å². The molecule has 0 spiro atoms. The quantitative estimate of drug-likeness (QED) is 0.161. The number of aromatic nitrogens is 5. The zero-order valence-electron chi connectivity index (χ0n) is 30.5. The van der Waals surface area contributed by atoms with E-state index >= 15 is 0 Å². The van der Waals surface area contributed by atoms with Crippen molar-refractivity contribution in [2.45, 2.75) is 19.8 Å². The van der Waals surface area contributed by atoms with Crippen molar-refractivity contribution in [1.29, 1.82) is 0 Å². The topological polar surface area (TPSA) is 64.5 Å². The van der Waals surface area contributed by atoms with Gasteiger partial charge in [0.1, 0.15) is 5.69 Å². The van der Waals surface area contributed by atoms with Crippen molar-refractivity contribution in [3.8, 4) is 56.4 Å². The van der Waals surface area contributed by atoms with Crippen molar-refractivity contribution < 1.29 is 0 Å². The monoisotopic (exact) mass is 705 g/mol. The number of para-hydroxylation sites is 1. The summed E-state index contributed by atoms with van der Waals surface area (Å²) in [5, 5.41) is 5.63. The molecule has 0 saturated carbocycles. The summed E-state index contributed by atoms with van der Waals surface area (Å²) in [5.74, 6) is 0.799. The molecule has 5 heteroatoms. The van der Waals surface area contributed by atoms with Crippen LogP contribution in [0.3, 0.4) is 0 Å². The van der Waals surface area contributed by atoms with Crippen LogP contribution in [0.5, 0.6) is 0 Å². The van der Waals surface area contributed by atoms with Gasteiger partial charge in [-0.2, -0.15) is 0 Å². The maximum Gasteiger partial charge on any atom is 0.179 e. The van der Waals surface area contributed by atoms with Crippen molar-refractivity contribution in [3.63, 3.8) is 0 Å². The minimum atomic E-state index is 0.230. The first-order valence-corrected chi connectivity index (χ1v) is 18.7. The van der Waals surface area contributed by atoms with Crippen LogP contribution in [0.4, 0.5) is 0 Å². The first kappa shape index (κ1) is 32.5. The molecule has 0 amide bonds. The van der Waals surface area contributed by atoms with E-state index in [1.165, 1.54) is 16.3 Å². The fourth-order valence-electron chi connectivity index (χ4n) is 7.65. The third-order valence-electron chi connectivity index (χ3n) is 10.5. The molecule has 0 aliphatic heterocycles. The third kappa shape index (κ3) is 5.96. The van der Waals surface area contributed by atoms with Gasteiger partial charge in [-0.3, -0.25) is 4.98 Å². The maximum atomic E-state index is 5.37. The molecule has 0 N–H and O–H groups in total. The Hall–Kier alpha value is -7.11. The normalized spacial score (nSPS) is 11.6. The number of pyridine rings is 3. The van der Waals surface area contributed by atoms with Crippen LogP contribution in [-0.2, 0) is 0 Å². The van der Waals surface area contributed by atoms with Crippen molar-refractivity contribution in [2.75, 3.05) is 0 Å². The smallest absolute Gasteiger partial charge is 0.179 e.